The fraction of sp³-hybridized carbons (Fsp3) is 0.342. The van der Waals surface area contributed by atoms with Gasteiger partial charge in [0.2, 0.25) is 0 Å². The fourth-order valence-electron chi connectivity index (χ4n) is 4.50. The molecule has 0 unspecified atom stereocenters. The van der Waals surface area contributed by atoms with Crippen LogP contribution in [0.2, 0.25) is 0 Å². The molecule has 4 aromatic rings. The highest BCUT2D eigenvalue weighted by Gasteiger charge is 2.18. The van der Waals surface area contributed by atoms with E-state index in [1.54, 1.807) is 37.4 Å². The van der Waals surface area contributed by atoms with Crippen LogP contribution in [0.15, 0.2) is 72.8 Å². The summed E-state index contributed by atoms with van der Waals surface area (Å²) in [5, 5.41) is 18.6. The minimum absolute atomic E-state index is 0.0661. The third-order valence-electron chi connectivity index (χ3n) is 6.95. The topological polar surface area (TPSA) is 94.5 Å². The van der Waals surface area contributed by atoms with Crippen molar-refractivity contribution in [1.29, 1.82) is 0 Å². The highest BCUT2D eigenvalue weighted by molar-refractivity contribution is 5.89. The Labute approximate surface area is 275 Å². The van der Waals surface area contributed by atoms with Gasteiger partial charge >= 0.3 is 5.97 Å². The first-order chi connectivity index (χ1) is 22.0. The summed E-state index contributed by atoms with van der Waals surface area (Å²) in [6.07, 6.45) is 0. The largest absolute Gasteiger partial charge is 0.497 e. The third-order valence-corrected chi connectivity index (χ3v) is 6.95. The van der Waals surface area contributed by atoms with Gasteiger partial charge in [0, 0.05) is 11.1 Å². The summed E-state index contributed by atoms with van der Waals surface area (Å²) in [7, 11) is 3.06. The summed E-state index contributed by atoms with van der Waals surface area (Å²) < 4.78 is 50.5. The second kappa shape index (κ2) is 16.0. The number of methoxy groups -OCH3 is 2. The molecule has 0 amide bonds. The SMILES string of the molecule is COc1ccc(F)c(-c2ccc(C(=O)O)cc2COC(C)(C)C)c1.COc1ccc(F)c(-c2ccc(CO)cc2COC(C)(C)C)c1. The van der Waals surface area contributed by atoms with Crippen LogP contribution >= 0.6 is 0 Å². The zero-order chi connectivity index (χ0) is 34.9. The van der Waals surface area contributed by atoms with Gasteiger partial charge in [-0.25, -0.2) is 13.6 Å². The van der Waals surface area contributed by atoms with E-state index < -0.39 is 17.4 Å². The summed E-state index contributed by atoms with van der Waals surface area (Å²) in [4.78, 5) is 11.2. The van der Waals surface area contributed by atoms with Crippen molar-refractivity contribution in [3.05, 3.63) is 107 Å². The number of aromatic carboxylic acids is 1. The van der Waals surface area contributed by atoms with Crippen molar-refractivity contribution in [2.45, 2.75) is 72.6 Å². The Balaban J connectivity index is 0.000000256. The van der Waals surface area contributed by atoms with Crippen molar-refractivity contribution in [2.75, 3.05) is 14.2 Å². The number of rotatable bonds is 10. The first-order valence-corrected chi connectivity index (χ1v) is 15.1. The van der Waals surface area contributed by atoms with Crippen molar-refractivity contribution >= 4 is 5.97 Å². The monoisotopic (exact) mass is 650 g/mol. The van der Waals surface area contributed by atoms with Gasteiger partial charge in [-0.2, -0.15) is 0 Å². The molecule has 0 atom stereocenters. The second-order valence-corrected chi connectivity index (χ2v) is 12.8. The van der Waals surface area contributed by atoms with Crippen molar-refractivity contribution in [2.24, 2.45) is 0 Å². The zero-order valence-electron chi connectivity index (χ0n) is 28.2. The molecule has 4 aromatic carbocycles. The van der Waals surface area contributed by atoms with Crippen LogP contribution in [0.5, 0.6) is 11.5 Å². The summed E-state index contributed by atoms with van der Waals surface area (Å²) in [5.74, 6) is -0.646. The van der Waals surface area contributed by atoms with E-state index in [0.717, 1.165) is 16.7 Å². The van der Waals surface area contributed by atoms with E-state index in [2.05, 4.69) is 0 Å². The molecule has 0 saturated heterocycles. The number of halogens is 2. The van der Waals surface area contributed by atoms with Gasteiger partial charge in [-0.05, 0) is 118 Å². The molecule has 0 fully saturated rings. The number of aliphatic hydroxyl groups is 1. The van der Waals surface area contributed by atoms with Crippen molar-refractivity contribution in [3.63, 3.8) is 0 Å². The number of benzene rings is 4. The van der Waals surface area contributed by atoms with Crippen molar-refractivity contribution in [1.82, 2.24) is 0 Å². The smallest absolute Gasteiger partial charge is 0.335 e. The zero-order valence-corrected chi connectivity index (χ0v) is 28.2. The molecular formula is C38H44F2O7. The van der Waals surface area contributed by atoms with Crippen LogP contribution in [0, 0.1) is 11.6 Å². The van der Waals surface area contributed by atoms with Crippen molar-refractivity contribution < 1.29 is 42.7 Å². The van der Waals surface area contributed by atoms with Crippen LogP contribution in [-0.2, 0) is 29.3 Å². The molecule has 2 N–H and O–H groups in total. The summed E-state index contributed by atoms with van der Waals surface area (Å²) in [6, 6.07) is 19.1. The van der Waals surface area contributed by atoms with Gasteiger partial charge in [-0.3, -0.25) is 0 Å². The van der Waals surface area contributed by atoms with Gasteiger partial charge in [-0.1, -0.05) is 24.3 Å². The molecule has 47 heavy (non-hydrogen) atoms. The molecule has 0 radical (unpaired) electrons. The number of carboxylic acids is 1. The molecule has 4 rings (SSSR count). The molecule has 0 aliphatic heterocycles. The molecule has 7 nitrogen and oxygen atoms in total. The maximum absolute atomic E-state index is 14.3. The molecule has 252 valence electrons. The van der Waals surface area contributed by atoms with E-state index in [9.17, 15) is 23.8 Å². The van der Waals surface area contributed by atoms with Gasteiger partial charge in [-0.15, -0.1) is 0 Å². The minimum atomic E-state index is -1.04. The molecule has 0 heterocycles. The Morgan fingerprint density at radius 1 is 0.638 bits per heavy atom. The van der Waals surface area contributed by atoms with Crippen LogP contribution in [0.3, 0.4) is 0 Å². The number of hydrogen-bond acceptors (Lipinski definition) is 6. The lowest BCUT2D eigenvalue weighted by Crippen LogP contribution is -2.19. The Hall–Kier alpha value is -4.31. The van der Waals surface area contributed by atoms with Gasteiger partial charge in [0.05, 0.1) is 50.8 Å². The van der Waals surface area contributed by atoms with Gasteiger partial charge < -0.3 is 29.2 Å². The standard InChI is InChI=1S/C19H21FO4.C19H23FO3/c1-19(2,3)24-11-13-9-12(18(21)22)5-7-15(13)16-10-14(23-4)6-8-17(16)20;1-19(2,3)23-12-14-9-13(11-21)5-7-16(14)17-10-15(22-4)6-8-18(17)20/h5-10H,11H2,1-4H3,(H,21,22);5-10,21H,11-12H2,1-4H3. The predicted octanol–water partition coefficient (Wildman–Crippen LogP) is 8.82. The first kappa shape index (κ1) is 37.2. The first-order valence-electron chi connectivity index (χ1n) is 15.1. The number of carbonyl (C=O) groups is 1. The fourth-order valence-corrected chi connectivity index (χ4v) is 4.50. The molecule has 0 aliphatic rings. The second-order valence-electron chi connectivity index (χ2n) is 12.8. The van der Waals surface area contributed by atoms with Gasteiger partial charge in [0.25, 0.3) is 0 Å². The lowest BCUT2D eigenvalue weighted by Gasteiger charge is -2.21. The normalized spacial score (nSPS) is 11.5. The Morgan fingerprint density at radius 3 is 1.49 bits per heavy atom. The quantitative estimate of drug-likeness (QED) is 0.177. The van der Waals surface area contributed by atoms with E-state index in [4.69, 9.17) is 18.9 Å². The summed E-state index contributed by atoms with van der Waals surface area (Å²) in [6.45, 7) is 12.1. The highest BCUT2D eigenvalue weighted by atomic mass is 19.1. The average molecular weight is 651 g/mol. The average Bonchev–Trinajstić information content (AvgIpc) is 3.02. The number of ether oxygens (including phenoxy) is 4. The van der Waals surface area contributed by atoms with Crippen LogP contribution in [0.25, 0.3) is 22.3 Å². The molecule has 0 aliphatic carbocycles. The van der Waals surface area contributed by atoms with E-state index in [1.807, 2.05) is 53.7 Å². The molecule has 9 heteroatoms. The lowest BCUT2D eigenvalue weighted by atomic mass is 9.97. The van der Waals surface area contributed by atoms with Gasteiger partial charge in [0.15, 0.2) is 0 Å². The molecule has 0 spiro atoms. The Bertz CT molecular complexity index is 1670. The van der Waals surface area contributed by atoms with Crippen LogP contribution in [0.1, 0.15) is 68.6 Å². The number of carboxylic acid groups (broad SMARTS) is 1. The molecular weight excluding hydrogens is 606 g/mol. The Kier molecular flexibility index (Phi) is 12.6. The van der Waals surface area contributed by atoms with E-state index in [-0.39, 0.29) is 30.2 Å². The highest BCUT2D eigenvalue weighted by Crippen LogP contribution is 2.33. The minimum Gasteiger partial charge on any atom is -0.497 e. The van der Waals surface area contributed by atoms with Crippen molar-refractivity contribution in [3.8, 4) is 33.8 Å². The van der Waals surface area contributed by atoms with Crippen LogP contribution in [-0.4, -0.2) is 41.6 Å². The van der Waals surface area contributed by atoms with Crippen LogP contribution < -0.4 is 9.47 Å². The summed E-state index contributed by atoms with van der Waals surface area (Å²) in [5.41, 5.74) is 3.77. The van der Waals surface area contributed by atoms with Crippen LogP contribution in [0.4, 0.5) is 8.78 Å². The molecule has 0 bridgehead atoms. The van der Waals surface area contributed by atoms with E-state index in [0.29, 0.717) is 40.4 Å². The van der Waals surface area contributed by atoms with E-state index in [1.165, 1.54) is 37.4 Å². The lowest BCUT2D eigenvalue weighted by molar-refractivity contribution is -0.0151. The Morgan fingerprint density at radius 2 is 1.09 bits per heavy atom. The number of hydrogen-bond donors (Lipinski definition) is 2. The predicted molar refractivity (Wildman–Crippen MR) is 179 cm³/mol. The maximum atomic E-state index is 14.3. The third kappa shape index (κ3) is 10.9. The maximum Gasteiger partial charge on any atom is 0.335 e. The molecule has 0 aromatic heterocycles. The van der Waals surface area contributed by atoms with E-state index >= 15 is 0 Å². The van der Waals surface area contributed by atoms with Gasteiger partial charge in [0.1, 0.15) is 23.1 Å². The summed E-state index contributed by atoms with van der Waals surface area (Å²) >= 11 is 0. The molecule has 0 saturated carbocycles. The number of aliphatic hydroxyl groups excluding tert-OH is 1.